The van der Waals surface area contributed by atoms with E-state index in [0.29, 0.717) is 34.5 Å². The van der Waals surface area contributed by atoms with Crippen molar-refractivity contribution < 1.29 is 9.21 Å². The van der Waals surface area contributed by atoms with Crippen molar-refractivity contribution in [3.8, 4) is 17.3 Å². The molecule has 5 rings (SSSR count). The molecule has 0 bridgehead atoms. The average molecular weight is 423 g/mol. The van der Waals surface area contributed by atoms with Gasteiger partial charge in [-0.25, -0.2) is 0 Å². The minimum absolute atomic E-state index is 0.221. The number of benzene rings is 1. The van der Waals surface area contributed by atoms with Gasteiger partial charge in [-0.3, -0.25) is 9.36 Å². The largest absolute Gasteiger partial charge is 0.461 e. The van der Waals surface area contributed by atoms with Crippen LogP contribution in [0.5, 0.6) is 0 Å². The van der Waals surface area contributed by atoms with Crippen LogP contribution < -0.4 is 0 Å². The van der Waals surface area contributed by atoms with Gasteiger partial charge in [-0.1, -0.05) is 42.8 Å². The highest BCUT2D eigenvalue weighted by molar-refractivity contribution is 7.99. The first kappa shape index (κ1) is 19.4. The molecular weight excluding hydrogens is 396 g/mol. The number of likely N-dealkylation sites (tertiary alicyclic amines) is 1. The van der Waals surface area contributed by atoms with E-state index in [2.05, 4.69) is 15.1 Å². The molecular formula is C23H26N4O2S. The predicted octanol–water partition coefficient (Wildman–Crippen LogP) is 4.80. The SMILES string of the molecule is O=C(CSc1nnc(-c2ccco2)n1-c1ccccc1)N1CCC[C@@H]2CCCC[C@@H]21. The van der Waals surface area contributed by atoms with Crippen molar-refractivity contribution in [3.63, 3.8) is 0 Å². The van der Waals surface area contributed by atoms with Crippen LogP contribution in [0.3, 0.4) is 0 Å². The highest BCUT2D eigenvalue weighted by Gasteiger charge is 2.35. The summed E-state index contributed by atoms with van der Waals surface area (Å²) < 4.78 is 7.54. The van der Waals surface area contributed by atoms with Gasteiger partial charge in [0.2, 0.25) is 11.7 Å². The highest BCUT2D eigenvalue weighted by Crippen LogP contribution is 2.36. The molecule has 2 fully saturated rings. The summed E-state index contributed by atoms with van der Waals surface area (Å²) in [6.45, 7) is 0.892. The molecule has 1 saturated heterocycles. The van der Waals surface area contributed by atoms with E-state index in [1.165, 1.54) is 37.4 Å². The lowest BCUT2D eigenvalue weighted by Crippen LogP contribution is -2.50. The molecule has 1 amide bonds. The monoisotopic (exact) mass is 422 g/mol. The number of thioether (sulfide) groups is 1. The van der Waals surface area contributed by atoms with E-state index in [4.69, 9.17) is 4.42 Å². The predicted molar refractivity (Wildman–Crippen MR) is 116 cm³/mol. The Morgan fingerprint density at radius 2 is 1.87 bits per heavy atom. The van der Waals surface area contributed by atoms with Crippen molar-refractivity contribution in [2.24, 2.45) is 5.92 Å². The second kappa shape index (κ2) is 8.68. The number of piperidine rings is 1. The minimum atomic E-state index is 0.221. The Bertz CT molecular complexity index is 984. The van der Waals surface area contributed by atoms with E-state index < -0.39 is 0 Å². The molecule has 0 unspecified atom stereocenters. The Balaban J connectivity index is 1.37. The second-order valence-corrected chi connectivity index (χ2v) is 9.03. The van der Waals surface area contributed by atoms with E-state index in [-0.39, 0.29) is 5.91 Å². The Labute approximate surface area is 180 Å². The number of rotatable bonds is 5. The number of hydrogen-bond donors (Lipinski definition) is 0. The maximum atomic E-state index is 13.1. The standard InChI is InChI=1S/C23H26N4O2S/c28-21(26-14-6-9-17-8-4-5-12-19(17)26)16-30-23-25-24-22(20-13-7-15-29-20)27(23)18-10-2-1-3-11-18/h1-3,7,10-11,13,15,17,19H,4-6,8-9,12,14,16H2/t17-,19-/m0/s1. The number of hydrogen-bond acceptors (Lipinski definition) is 5. The van der Waals surface area contributed by atoms with Crippen LogP contribution in [0, 0.1) is 5.92 Å². The number of aromatic nitrogens is 3. The van der Waals surface area contributed by atoms with Gasteiger partial charge in [-0.2, -0.15) is 0 Å². The second-order valence-electron chi connectivity index (χ2n) is 8.08. The molecule has 0 N–H and O–H groups in total. The smallest absolute Gasteiger partial charge is 0.233 e. The molecule has 30 heavy (non-hydrogen) atoms. The molecule has 2 aromatic heterocycles. The summed E-state index contributed by atoms with van der Waals surface area (Å²) in [7, 11) is 0. The highest BCUT2D eigenvalue weighted by atomic mass is 32.2. The lowest BCUT2D eigenvalue weighted by atomic mass is 9.78. The average Bonchev–Trinajstić information content (AvgIpc) is 3.47. The first-order valence-electron chi connectivity index (χ1n) is 10.8. The van der Waals surface area contributed by atoms with Gasteiger partial charge in [0, 0.05) is 18.3 Å². The van der Waals surface area contributed by atoms with Gasteiger partial charge in [-0.15, -0.1) is 10.2 Å². The third kappa shape index (κ3) is 3.78. The number of nitrogens with zero attached hydrogens (tertiary/aromatic N) is 4. The zero-order valence-electron chi connectivity index (χ0n) is 16.9. The van der Waals surface area contributed by atoms with Crippen molar-refractivity contribution in [1.29, 1.82) is 0 Å². The summed E-state index contributed by atoms with van der Waals surface area (Å²) in [6.07, 6.45) is 9.02. The Morgan fingerprint density at radius 3 is 2.70 bits per heavy atom. The molecule has 1 saturated carbocycles. The van der Waals surface area contributed by atoms with Crippen molar-refractivity contribution in [3.05, 3.63) is 48.7 Å². The van der Waals surface area contributed by atoms with E-state index in [1.54, 1.807) is 6.26 Å². The third-order valence-corrected chi connectivity index (χ3v) is 7.19. The Kier molecular flexibility index (Phi) is 5.62. The van der Waals surface area contributed by atoms with Gasteiger partial charge in [-0.05, 0) is 55.9 Å². The molecule has 1 aliphatic carbocycles. The summed E-state index contributed by atoms with van der Waals surface area (Å²) in [5.41, 5.74) is 0.953. The number of carbonyl (C=O) groups excluding carboxylic acids is 1. The molecule has 6 nitrogen and oxygen atoms in total. The number of carbonyl (C=O) groups is 1. The molecule has 1 aromatic carbocycles. The molecule has 2 aliphatic rings. The fourth-order valence-corrected chi connectivity index (χ4v) is 5.72. The molecule has 3 aromatic rings. The van der Waals surface area contributed by atoms with Crippen LogP contribution >= 0.6 is 11.8 Å². The third-order valence-electron chi connectivity index (χ3n) is 6.28. The van der Waals surface area contributed by atoms with Crippen molar-refractivity contribution in [2.75, 3.05) is 12.3 Å². The zero-order valence-corrected chi connectivity index (χ0v) is 17.8. The molecule has 156 valence electrons. The van der Waals surface area contributed by atoms with Gasteiger partial charge in [0.1, 0.15) is 0 Å². The molecule has 1 aliphatic heterocycles. The van der Waals surface area contributed by atoms with E-state index in [0.717, 1.165) is 25.1 Å². The maximum Gasteiger partial charge on any atom is 0.233 e. The van der Waals surface area contributed by atoms with Gasteiger partial charge in [0.05, 0.1) is 12.0 Å². The maximum absolute atomic E-state index is 13.1. The Hall–Kier alpha value is -2.54. The summed E-state index contributed by atoms with van der Waals surface area (Å²) in [6, 6.07) is 14.1. The molecule has 2 atom stereocenters. The zero-order chi connectivity index (χ0) is 20.3. The van der Waals surface area contributed by atoms with Gasteiger partial charge >= 0.3 is 0 Å². The van der Waals surface area contributed by atoms with Gasteiger partial charge in [0.25, 0.3) is 0 Å². The molecule has 3 heterocycles. The van der Waals surface area contributed by atoms with Crippen LogP contribution in [0.4, 0.5) is 0 Å². The first-order valence-corrected chi connectivity index (χ1v) is 11.8. The quantitative estimate of drug-likeness (QED) is 0.553. The number of fused-ring (bicyclic) bond motifs is 1. The first-order chi connectivity index (χ1) is 14.8. The van der Waals surface area contributed by atoms with Crippen molar-refractivity contribution in [1.82, 2.24) is 19.7 Å². The summed E-state index contributed by atoms with van der Waals surface area (Å²) in [5, 5.41) is 9.46. The fraction of sp³-hybridized carbons (Fsp3) is 0.435. The fourth-order valence-electron chi connectivity index (χ4n) is 4.88. The van der Waals surface area contributed by atoms with Gasteiger partial charge in [0.15, 0.2) is 10.9 Å². The Morgan fingerprint density at radius 1 is 1.03 bits per heavy atom. The van der Waals surface area contributed by atoms with Crippen LogP contribution in [0.15, 0.2) is 58.3 Å². The van der Waals surface area contributed by atoms with Crippen LogP contribution in [0.1, 0.15) is 38.5 Å². The normalized spacial score (nSPS) is 21.4. The molecule has 0 radical (unpaired) electrons. The van der Waals surface area contributed by atoms with E-state index in [9.17, 15) is 4.79 Å². The molecule has 7 heteroatoms. The van der Waals surface area contributed by atoms with Crippen molar-refractivity contribution >= 4 is 17.7 Å². The van der Waals surface area contributed by atoms with Crippen LogP contribution in [-0.2, 0) is 4.79 Å². The number of para-hydroxylation sites is 1. The van der Waals surface area contributed by atoms with E-state index in [1.807, 2.05) is 47.0 Å². The minimum Gasteiger partial charge on any atom is -0.461 e. The summed E-state index contributed by atoms with van der Waals surface area (Å²) in [4.78, 5) is 15.3. The lowest BCUT2D eigenvalue weighted by molar-refractivity contribution is -0.134. The lowest BCUT2D eigenvalue weighted by Gasteiger charge is -2.44. The summed E-state index contributed by atoms with van der Waals surface area (Å²) >= 11 is 1.46. The number of furan rings is 1. The van der Waals surface area contributed by atoms with Crippen molar-refractivity contribution in [2.45, 2.75) is 49.7 Å². The summed E-state index contributed by atoms with van der Waals surface area (Å²) in [5.74, 6) is 2.60. The van der Waals surface area contributed by atoms with Gasteiger partial charge < -0.3 is 9.32 Å². The van der Waals surface area contributed by atoms with E-state index >= 15 is 0 Å². The van der Waals surface area contributed by atoms with Crippen LogP contribution in [0.25, 0.3) is 17.3 Å². The van der Waals surface area contributed by atoms with Crippen LogP contribution in [0.2, 0.25) is 0 Å². The topological polar surface area (TPSA) is 64.2 Å². The van der Waals surface area contributed by atoms with Crippen LogP contribution in [-0.4, -0.2) is 43.9 Å². The molecule has 0 spiro atoms. The number of amides is 1.